The van der Waals surface area contributed by atoms with Gasteiger partial charge in [0, 0.05) is 6.04 Å². The van der Waals surface area contributed by atoms with Crippen molar-refractivity contribution >= 4 is 0 Å². The van der Waals surface area contributed by atoms with Crippen LogP contribution in [0, 0.1) is 11.3 Å². The van der Waals surface area contributed by atoms with Gasteiger partial charge in [0.2, 0.25) is 0 Å². The topological polar surface area (TPSA) is 35.8 Å². The van der Waals surface area contributed by atoms with Crippen LogP contribution in [0.4, 0.5) is 0 Å². The number of nitriles is 1. The molecule has 0 aromatic rings. The van der Waals surface area contributed by atoms with E-state index in [1.807, 2.05) is 0 Å². The molecule has 1 unspecified atom stereocenters. The van der Waals surface area contributed by atoms with E-state index in [1.54, 1.807) is 0 Å². The van der Waals surface area contributed by atoms with E-state index in [0.717, 1.165) is 0 Å². The molecule has 0 spiro atoms. The molecule has 0 aliphatic carbocycles. The number of hydrogen-bond acceptors (Lipinski definition) is 2. The fraction of sp³-hybridized carbons (Fsp3) is 0.900. The third kappa shape index (κ3) is 7.56. The summed E-state index contributed by atoms with van der Waals surface area (Å²) in [5.74, 6) is 0. The molecule has 0 rings (SSSR count). The number of hydrogen-bond donors (Lipinski definition) is 1. The molecular formula is C10H20N2. The van der Waals surface area contributed by atoms with Crippen LogP contribution in [0.25, 0.3) is 0 Å². The fourth-order valence-corrected chi connectivity index (χ4v) is 1.20. The third-order valence-corrected chi connectivity index (χ3v) is 2.02. The van der Waals surface area contributed by atoms with Gasteiger partial charge < -0.3 is 5.32 Å². The van der Waals surface area contributed by atoms with Gasteiger partial charge in [-0.2, -0.15) is 5.26 Å². The molecule has 0 bridgehead atoms. The van der Waals surface area contributed by atoms with Crippen LogP contribution in [0.15, 0.2) is 0 Å². The van der Waals surface area contributed by atoms with Gasteiger partial charge in [0.15, 0.2) is 0 Å². The van der Waals surface area contributed by atoms with E-state index >= 15 is 0 Å². The maximum absolute atomic E-state index is 8.31. The molecule has 1 N–H and O–H groups in total. The van der Waals surface area contributed by atoms with Gasteiger partial charge >= 0.3 is 0 Å². The maximum Gasteiger partial charge on any atom is 0.0842 e. The lowest BCUT2D eigenvalue weighted by atomic mass is 10.1. The van der Waals surface area contributed by atoms with Crippen molar-refractivity contribution in [1.82, 2.24) is 5.32 Å². The van der Waals surface area contributed by atoms with Crippen molar-refractivity contribution in [3.05, 3.63) is 0 Å². The highest BCUT2D eigenvalue weighted by atomic mass is 14.9. The van der Waals surface area contributed by atoms with Crippen molar-refractivity contribution in [2.24, 2.45) is 0 Å². The Labute approximate surface area is 76.0 Å². The van der Waals surface area contributed by atoms with Gasteiger partial charge in [0.1, 0.15) is 0 Å². The highest BCUT2D eigenvalue weighted by Gasteiger charge is 1.98. The standard InChI is InChI=1S/C10H20N2/c1-3-4-5-6-7-10(2)12-9-8-11/h10,12H,3-7,9H2,1-2H3. The molecule has 0 aromatic carbocycles. The second kappa shape index (κ2) is 8.55. The quantitative estimate of drug-likeness (QED) is 0.468. The van der Waals surface area contributed by atoms with Crippen molar-refractivity contribution in [2.45, 2.75) is 52.0 Å². The maximum atomic E-state index is 8.31. The van der Waals surface area contributed by atoms with Gasteiger partial charge in [0.05, 0.1) is 12.6 Å². The molecule has 0 aromatic heterocycles. The van der Waals surface area contributed by atoms with Crippen LogP contribution in [0.2, 0.25) is 0 Å². The molecule has 0 radical (unpaired) electrons. The Bertz CT molecular complexity index is 126. The Hall–Kier alpha value is -0.550. The second-order valence-corrected chi connectivity index (χ2v) is 3.29. The minimum atomic E-state index is 0.481. The summed E-state index contributed by atoms with van der Waals surface area (Å²) in [5.41, 5.74) is 0. The smallest absolute Gasteiger partial charge is 0.0842 e. The molecule has 0 saturated heterocycles. The Balaban J connectivity index is 3.09. The van der Waals surface area contributed by atoms with Crippen LogP contribution < -0.4 is 5.32 Å². The summed E-state index contributed by atoms with van der Waals surface area (Å²) in [7, 11) is 0. The first kappa shape index (κ1) is 11.4. The molecular weight excluding hydrogens is 148 g/mol. The molecule has 12 heavy (non-hydrogen) atoms. The lowest BCUT2D eigenvalue weighted by molar-refractivity contribution is 0.505. The van der Waals surface area contributed by atoms with E-state index < -0.39 is 0 Å². The molecule has 0 fully saturated rings. The summed E-state index contributed by atoms with van der Waals surface area (Å²) in [6, 6.07) is 2.59. The number of nitrogens with one attached hydrogen (secondary N) is 1. The van der Waals surface area contributed by atoms with Gasteiger partial charge in [-0.3, -0.25) is 0 Å². The molecule has 70 valence electrons. The number of nitrogens with zero attached hydrogens (tertiary/aromatic N) is 1. The first-order valence-electron chi connectivity index (χ1n) is 4.91. The average molecular weight is 168 g/mol. The molecule has 0 heterocycles. The van der Waals surface area contributed by atoms with Crippen LogP contribution >= 0.6 is 0 Å². The van der Waals surface area contributed by atoms with Crippen molar-refractivity contribution in [1.29, 1.82) is 5.26 Å². The Morgan fingerprint density at radius 2 is 2.08 bits per heavy atom. The van der Waals surface area contributed by atoms with Crippen LogP contribution in [0.5, 0.6) is 0 Å². The van der Waals surface area contributed by atoms with Gasteiger partial charge in [0.25, 0.3) is 0 Å². The first-order valence-corrected chi connectivity index (χ1v) is 4.91. The van der Waals surface area contributed by atoms with Crippen molar-refractivity contribution in [2.75, 3.05) is 6.54 Å². The largest absolute Gasteiger partial charge is 0.302 e. The normalized spacial score (nSPS) is 12.4. The molecule has 2 heteroatoms. The first-order chi connectivity index (χ1) is 5.81. The Morgan fingerprint density at radius 1 is 1.33 bits per heavy atom. The van der Waals surface area contributed by atoms with Gasteiger partial charge in [-0.15, -0.1) is 0 Å². The molecule has 2 nitrogen and oxygen atoms in total. The van der Waals surface area contributed by atoms with E-state index in [4.69, 9.17) is 5.26 Å². The average Bonchev–Trinajstić information content (AvgIpc) is 2.09. The van der Waals surface area contributed by atoms with Crippen molar-refractivity contribution in [3.63, 3.8) is 0 Å². The summed E-state index contributed by atoms with van der Waals surface area (Å²) in [6.45, 7) is 4.84. The molecule has 0 amide bonds. The van der Waals surface area contributed by atoms with Crippen molar-refractivity contribution < 1.29 is 0 Å². The van der Waals surface area contributed by atoms with E-state index in [1.165, 1.54) is 32.1 Å². The minimum Gasteiger partial charge on any atom is -0.302 e. The summed E-state index contributed by atoms with van der Waals surface area (Å²) in [6.07, 6.45) is 6.44. The van der Waals surface area contributed by atoms with Crippen LogP contribution in [-0.4, -0.2) is 12.6 Å². The fourth-order valence-electron chi connectivity index (χ4n) is 1.20. The van der Waals surface area contributed by atoms with Crippen LogP contribution in [0.1, 0.15) is 46.0 Å². The van der Waals surface area contributed by atoms with E-state index in [0.29, 0.717) is 12.6 Å². The zero-order chi connectivity index (χ0) is 9.23. The van der Waals surface area contributed by atoms with E-state index in [-0.39, 0.29) is 0 Å². The highest BCUT2D eigenvalue weighted by Crippen LogP contribution is 2.04. The van der Waals surface area contributed by atoms with Crippen LogP contribution in [0.3, 0.4) is 0 Å². The molecule has 0 saturated carbocycles. The van der Waals surface area contributed by atoms with Gasteiger partial charge in [-0.1, -0.05) is 32.6 Å². The SMILES string of the molecule is CCCCCCC(C)NCC#N. The Morgan fingerprint density at radius 3 is 2.67 bits per heavy atom. The molecule has 1 atom stereocenters. The van der Waals surface area contributed by atoms with Crippen LogP contribution in [-0.2, 0) is 0 Å². The third-order valence-electron chi connectivity index (χ3n) is 2.02. The van der Waals surface area contributed by atoms with E-state index in [9.17, 15) is 0 Å². The highest BCUT2D eigenvalue weighted by molar-refractivity contribution is 4.75. The molecule has 0 aliphatic heterocycles. The Kier molecular flexibility index (Phi) is 8.15. The zero-order valence-corrected chi connectivity index (χ0v) is 8.27. The zero-order valence-electron chi connectivity index (χ0n) is 8.27. The molecule has 0 aliphatic rings. The minimum absolute atomic E-state index is 0.481. The summed E-state index contributed by atoms with van der Waals surface area (Å²) >= 11 is 0. The predicted molar refractivity (Wildman–Crippen MR) is 51.8 cm³/mol. The van der Waals surface area contributed by atoms with Gasteiger partial charge in [-0.05, 0) is 13.3 Å². The van der Waals surface area contributed by atoms with E-state index in [2.05, 4.69) is 25.2 Å². The summed E-state index contributed by atoms with van der Waals surface area (Å²) in [4.78, 5) is 0. The predicted octanol–water partition coefficient (Wildman–Crippen LogP) is 2.46. The van der Waals surface area contributed by atoms with Crippen molar-refractivity contribution in [3.8, 4) is 6.07 Å². The van der Waals surface area contributed by atoms with Gasteiger partial charge in [-0.25, -0.2) is 0 Å². The summed E-state index contributed by atoms with van der Waals surface area (Å²) < 4.78 is 0. The lowest BCUT2D eigenvalue weighted by Gasteiger charge is -2.10. The summed E-state index contributed by atoms with van der Waals surface area (Å²) in [5, 5.41) is 11.5. The number of unbranched alkanes of at least 4 members (excludes halogenated alkanes) is 3. The second-order valence-electron chi connectivity index (χ2n) is 3.29. The lowest BCUT2D eigenvalue weighted by Crippen LogP contribution is -2.25. The number of rotatable bonds is 7. The monoisotopic (exact) mass is 168 g/mol.